The molecule has 1 atom stereocenters. The maximum atomic E-state index is 13.4. The van der Waals surface area contributed by atoms with Gasteiger partial charge >= 0.3 is 0 Å². The molecule has 2 N–H and O–H groups in total. The lowest BCUT2D eigenvalue weighted by Crippen LogP contribution is -2.13. The smallest absolute Gasteiger partial charge is 0.146 e. The molecule has 15 heavy (non-hydrogen) atoms. The summed E-state index contributed by atoms with van der Waals surface area (Å²) in [6.07, 6.45) is 5.96. The maximum absolute atomic E-state index is 13.4. The first-order valence-corrected chi connectivity index (χ1v) is 4.54. The van der Waals surface area contributed by atoms with Crippen LogP contribution < -0.4 is 5.73 Å². The van der Waals surface area contributed by atoms with Gasteiger partial charge in [0.25, 0.3) is 0 Å². The lowest BCUT2D eigenvalue weighted by molar-refractivity contribution is 0.593. The monoisotopic (exact) mass is 203 g/mol. The van der Waals surface area contributed by atoms with Crippen molar-refractivity contribution in [2.75, 3.05) is 0 Å². The Morgan fingerprint density at radius 3 is 2.60 bits per heavy atom. The second-order valence-electron chi connectivity index (χ2n) is 3.16. The van der Waals surface area contributed by atoms with E-state index >= 15 is 0 Å². The summed E-state index contributed by atoms with van der Waals surface area (Å²) in [5, 5.41) is 0. The number of aromatic nitrogens is 2. The van der Waals surface area contributed by atoms with Crippen LogP contribution in [0.5, 0.6) is 0 Å². The maximum Gasteiger partial charge on any atom is 0.146 e. The number of nitrogens with two attached hydrogens (primary N) is 1. The van der Waals surface area contributed by atoms with E-state index in [0.717, 1.165) is 11.8 Å². The Bertz CT molecular complexity index is 445. The molecule has 0 aliphatic carbocycles. The molecule has 3 nitrogen and oxygen atoms in total. The summed E-state index contributed by atoms with van der Waals surface area (Å²) in [4.78, 5) is 7.62. The Balaban J connectivity index is 2.37. The number of halogens is 1. The SMILES string of the molecule is NC(c1cccnc1)c1ccncc1F. The van der Waals surface area contributed by atoms with Gasteiger partial charge in [0.2, 0.25) is 0 Å². The van der Waals surface area contributed by atoms with Crippen molar-refractivity contribution in [1.29, 1.82) is 0 Å². The van der Waals surface area contributed by atoms with Crippen molar-refractivity contribution < 1.29 is 4.39 Å². The quantitative estimate of drug-likeness (QED) is 0.807. The molecular formula is C11H10FN3. The van der Waals surface area contributed by atoms with Gasteiger partial charge in [0, 0.05) is 24.2 Å². The van der Waals surface area contributed by atoms with Gasteiger partial charge in [0.05, 0.1) is 12.2 Å². The molecule has 0 amide bonds. The van der Waals surface area contributed by atoms with Gasteiger partial charge in [-0.1, -0.05) is 6.07 Å². The molecule has 4 heteroatoms. The van der Waals surface area contributed by atoms with Crippen LogP contribution in [0.3, 0.4) is 0 Å². The van der Waals surface area contributed by atoms with Crippen LogP contribution in [0.25, 0.3) is 0 Å². The predicted octanol–water partition coefficient (Wildman–Crippen LogP) is 1.66. The summed E-state index contributed by atoms with van der Waals surface area (Å²) in [6, 6.07) is 4.67. The molecule has 76 valence electrons. The van der Waals surface area contributed by atoms with Crippen LogP contribution in [0.2, 0.25) is 0 Å². The normalized spacial score (nSPS) is 12.4. The summed E-state index contributed by atoms with van der Waals surface area (Å²) in [7, 11) is 0. The Morgan fingerprint density at radius 1 is 1.13 bits per heavy atom. The fourth-order valence-electron chi connectivity index (χ4n) is 1.38. The van der Waals surface area contributed by atoms with Gasteiger partial charge in [-0.05, 0) is 17.7 Å². The average molecular weight is 203 g/mol. The molecule has 0 fully saturated rings. The van der Waals surface area contributed by atoms with Gasteiger partial charge in [0.1, 0.15) is 5.82 Å². The summed E-state index contributed by atoms with van der Waals surface area (Å²) < 4.78 is 13.4. The van der Waals surface area contributed by atoms with Gasteiger partial charge < -0.3 is 5.73 Å². The second-order valence-corrected chi connectivity index (χ2v) is 3.16. The van der Waals surface area contributed by atoms with Crippen molar-refractivity contribution in [3.05, 3.63) is 59.9 Å². The van der Waals surface area contributed by atoms with E-state index in [1.807, 2.05) is 6.07 Å². The van der Waals surface area contributed by atoms with E-state index in [-0.39, 0.29) is 0 Å². The molecule has 0 spiro atoms. The third-order valence-corrected chi connectivity index (χ3v) is 2.18. The second kappa shape index (κ2) is 4.14. The van der Waals surface area contributed by atoms with Crippen molar-refractivity contribution in [2.45, 2.75) is 6.04 Å². The average Bonchev–Trinajstić information content (AvgIpc) is 2.30. The van der Waals surface area contributed by atoms with Crippen LogP contribution in [0.15, 0.2) is 43.0 Å². The third kappa shape index (κ3) is 1.99. The number of hydrogen-bond donors (Lipinski definition) is 1. The molecule has 0 aliphatic heterocycles. The largest absolute Gasteiger partial charge is 0.320 e. The minimum Gasteiger partial charge on any atom is -0.320 e. The molecule has 1 unspecified atom stereocenters. The van der Waals surface area contributed by atoms with Crippen molar-refractivity contribution >= 4 is 0 Å². The minimum absolute atomic E-state index is 0.395. The fourth-order valence-corrected chi connectivity index (χ4v) is 1.38. The number of rotatable bonds is 2. The molecule has 2 rings (SSSR count). The topological polar surface area (TPSA) is 51.8 Å². The lowest BCUT2D eigenvalue weighted by Gasteiger charge is -2.11. The molecule has 2 heterocycles. The summed E-state index contributed by atoms with van der Waals surface area (Å²) in [5.74, 6) is -0.395. The van der Waals surface area contributed by atoms with Crippen LogP contribution >= 0.6 is 0 Å². The Hall–Kier alpha value is -1.81. The van der Waals surface area contributed by atoms with Gasteiger partial charge in [0.15, 0.2) is 0 Å². The van der Waals surface area contributed by atoms with E-state index in [2.05, 4.69) is 9.97 Å². The number of pyridine rings is 2. The molecule has 0 saturated heterocycles. The van der Waals surface area contributed by atoms with Gasteiger partial charge in [-0.25, -0.2) is 4.39 Å². The number of hydrogen-bond acceptors (Lipinski definition) is 3. The van der Waals surface area contributed by atoms with Crippen LogP contribution in [0.4, 0.5) is 4.39 Å². The predicted molar refractivity (Wildman–Crippen MR) is 54.5 cm³/mol. The van der Waals surface area contributed by atoms with Crippen LogP contribution in [0.1, 0.15) is 17.2 Å². The zero-order valence-electron chi connectivity index (χ0n) is 7.97. The standard InChI is InChI=1S/C11H10FN3/c12-10-7-15-5-3-9(10)11(13)8-2-1-4-14-6-8/h1-7,11H,13H2. The fraction of sp³-hybridized carbons (Fsp3) is 0.0909. The van der Waals surface area contributed by atoms with E-state index in [1.54, 1.807) is 24.5 Å². The van der Waals surface area contributed by atoms with Crippen LogP contribution in [-0.4, -0.2) is 9.97 Å². The molecular weight excluding hydrogens is 193 g/mol. The minimum atomic E-state index is -0.498. The highest BCUT2D eigenvalue weighted by Gasteiger charge is 2.12. The number of nitrogens with zero attached hydrogens (tertiary/aromatic N) is 2. The zero-order valence-corrected chi connectivity index (χ0v) is 7.97. The summed E-state index contributed by atoms with van der Waals surface area (Å²) >= 11 is 0. The summed E-state index contributed by atoms with van der Waals surface area (Å²) in [5.41, 5.74) is 7.12. The Morgan fingerprint density at radius 2 is 1.93 bits per heavy atom. The highest BCUT2D eigenvalue weighted by atomic mass is 19.1. The first-order valence-electron chi connectivity index (χ1n) is 4.54. The zero-order chi connectivity index (χ0) is 10.7. The van der Waals surface area contributed by atoms with Crippen molar-refractivity contribution in [3.63, 3.8) is 0 Å². The van der Waals surface area contributed by atoms with E-state index in [0.29, 0.717) is 5.56 Å². The van der Waals surface area contributed by atoms with E-state index in [9.17, 15) is 4.39 Å². The van der Waals surface area contributed by atoms with Crippen molar-refractivity contribution in [2.24, 2.45) is 5.73 Å². The lowest BCUT2D eigenvalue weighted by atomic mass is 10.0. The molecule has 0 bridgehead atoms. The molecule has 0 aromatic carbocycles. The molecule has 0 saturated carbocycles. The highest BCUT2D eigenvalue weighted by Crippen LogP contribution is 2.20. The molecule has 2 aromatic heterocycles. The van der Waals surface area contributed by atoms with Crippen molar-refractivity contribution in [1.82, 2.24) is 9.97 Å². The van der Waals surface area contributed by atoms with Gasteiger partial charge in [-0.3, -0.25) is 9.97 Å². The molecule has 2 aromatic rings. The highest BCUT2D eigenvalue weighted by molar-refractivity contribution is 5.28. The van der Waals surface area contributed by atoms with Gasteiger partial charge in [-0.2, -0.15) is 0 Å². The van der Waals surface area contributed by atoms with E-state index in [4.69, 9.17) is 5.73 Å². The van der Waals surface area contributed by atoms with Crippen LogP contribution in [0, 0.1) is 5.82 Å². The molecule has 0 aliphatic rings. The first kappa shape index (κ1) is 9.73. The van der Waals surface area contributed by atoms with E-state index < -0.39 is 11.9 Å². The Kier molecular flexibility index (Phi) is 2.69. The molecule has 0 radical (unpaired) electrons. The van der Waals surface area contributed by atoms with Gasteiger partial charge in [-0.15, -0.1) is 0 Å². The Labute approximate surface area is 86.8 Å². The van der Waals surface area contributed by atoms with Crippen LogP contribution in [-0.2, 0) is 0 Å². The third-order valence-electron chi connectivity index (χ3n) is 2.18. The van der Waals surface area contributed by atoms with E-state index in [1.165, 1.54) is 6.20 Å². The van der Waals surface area contributed by atoms with Crippen molar-refractivity contribution in [3.8, 4) is 0 Å². The first-order chi connectivity index (χ1) is 7.29. The summed E-state index contributed by atoms with van der Waals surface area (Å²) in [6.45, 7) is 0.